The molecular weight excluding hydrogens is 192 g/mol. The molecule has 1 aromatic carbocycles. The summed E-state index contributed by atoms with van der Waals surface area (Å²) in [6.07, 6.45) is 1.35. The van der Waals surface area contributed by atoms with Crippen molar-refractivity contribution in [2.24, 2.45) is 0 Å². The van der Waals surface area contributed by atoms with Gasteiger partial charge in [0.25, 0.3) is 0 Å². The van der Waals surface area contributed by atoms with Crippen molar-refractivity contribution >= 4 is 5.97 Å². The van der Waals surface area contributed by atoms with E-state index in [2.05, 4.69) is 0 Å². The number of hydrogen-bond donors (Lipinski definition) is 0. The fourth-order valence-electron chi connectivity index (χ4n) is 1.43. The topological polar surface area (TPSA) is 53.3 Å². The molecule has 3 nitrogen and oxygen atoms in total. The highest BCUT2D eigenvalue weighted by Gasteiger charge is 2.08. The molecule has 76 valence electrons. The van der Waals surface area contributed by atoms with Gasteiger partial charge in [0.15, 0.2) is 5.76 Å². The molecule has 0 atom stereocenters. The molecule has 0 saturated carbocycles. The van der Waals surface area contributed by atoms with Crippen molar-refractivity contribution in [1.29, 1.82) is 0 Å². The van der Waals surface area contributed by atoms with Crippen molar-refractivity contribution in [3.8, 4) is 11.1 Å². The van der Waals surface area contributed by atoms with Crippen molar-refractivity contribution in [3.05, 3.63) is 47.9 Å². The molecule has 0 aliphatic rings. The number of aromatic carboxylic acids is 1. The monoisotopic (exact) mass is 201 g/mol. The Hall–Kier alpha value is -2.03. The van der Waals surface area contributed by atoms with E-state index in [4.69, 9.17) is 4.42 Å². The molecule has 0 saturated heterocycles. The molecule has 0 N–H and O–H groups in total. The smallest absolute Gasteiger partial charge is 0.157 e. The minimum atomic E-state index is -1.30. The number of benzene rings is 1. The van der Waals surface area contributed by atoms with Crippen molar-refractivity contribution in [1.82, 2.24) is 0 Å². The van der Waals surface area contributed by atoms with Crippen LogP contribution in [0.4, 0.5) is 0 Å². The predicted octanol–water partition coefficient (Wildman–Crippen LogP) is 1.62. The molecular formula is C12H9O3-. The highest BCUT2D eigenvalue weighted by Crippen LogP contribution is 2.24. The third kappa shape index (κ3) is 1.76. The first-order valence-electron chi connectivity index (χ1n) is 4.54. The maximum atomic E-state index is 10.7. The number of rotatable bonds is 2. The van der Waals surface area contributed by atoms with Gasteiger partial charge in [0.05, 0.1) is 6.26 Å². The zero-order valence-corrected chi connectivity index (χ0v) is 8.19. The molecule has 0 aliphatic carbocycles. The Morgan fingerprint density at radius 2 is 1.87 bits per heavy atom. The van der Waals surface area contributed by atoms with Crippen LogP contribution in [-0.2, 0) is 0 Å². The number of carboxylic acids is 1. The number of carboxylic acid groups (broad SMARTS) is 1. The molecule has 0 spiro atoms. The Labute approximate surface area is 87.0 Å². The quantitative estimate of drug-likeness (QED) is 0.741. The second-order valence-corrected chi connectivity index (χ2v) is 3.32. The van der Waals surface area contributed by atoms with Gasteiger partial charge in [0, 0.05) is 5.56 Å². The number of carbonyl (C=O) groups is 1. The molecule has 1 heterocycles. The van der Waals surface area contributed by atoms with E-state index in [-0.39, 0.29) is 5.76 Å². The Morgan fingerprint density at radius 1 is 1.20 bits per heavy atom. The van der Waals surface area contributed by atoms with E-state index in [0.717, 1.165) is 11.1 Å². The average Bonchev–Trinajstić information content (AvgIpc) is 2.67. The largest absolute Gasteiger partial charge is 0.542 e. The molecule has 0 bridgehead atoms. The van der Waals surface area contributed by atoms with E-state index in [1.54, 1.807) is 6.07 Å². The lowest BCUT2D eigenvalue weighted by molar-refractivity contribution is -0.256. The second-order valence-electron chi connectivity index (χ2n) is 3.32. The van der Waals surface area contributed by atoms with Gasteiger partial charge < -0.3 is 14.3 Å². The summed E-state index contributed by atoms with van der Waals surface area (Å²) >= 11 is 0. The van der Waals surface area contributed by atoms with Crippen LogP contribution in [0.1, 0.15) is 16.1 Å². The third-order valence-corrected chi connectivity index (χ3v) is 2.21. The maximum Gasteiger partial charge on any atom is 0.157 e. The highest BCUT2D eigenvalue weighted by atomic mass is 16.4. The summed E-state index contributed by atoms with van der Waals surface area (Å²) in [5.41, 5.74) is 2.49. The number of carbonyl (C=O) groups excluding carboxylic acids is 1. The highest BCUT2D eigenvalue weighted by molar-refractivity contribution is 5.91. The van der Waals surface area contributed by atoms with Gasteiger partial charge in [0.1, 0.15) is 5.97 Å². The number of furan rings is 1. The van der Waals surface area contributed by atoms with E-state index >= 15 is 0 Å². The minimum absolute atomic E-state index is 0.126. The summed E-state index contributed by atoms with van der Waals surface area (Å²) in [6, 6.07) is 9.16. The first-order chi connectivity index (χ1) is 7.18. The Morgan fingerprint density at radius 3 is 2.47 bits per heavy atom. The third-order valence-electron chi connectivity index (χ3n) is 2.21. The van der Waals surface area contributed by atoms with E-state index in [0.29, 0.717) is 5.56 Å². The van der Waals surface area contributed by atoms with Crippen molar-refractivity contribution < 1.29 is 14.3 Å². The molecule has 0 unspecified atom stereocenters. The Balaban J connectivity index is 2.49. The Bertz CT molecular complexity index is 480. The standard InChI is InChI=1S/C12H10O3/c1-8-2-4-9(5-3-8)10-6-7-15-11(10)12(13)14/h2-7H,1H3,(H,13,14)/p-1. The summed E-state index contributed by atoms with van der Waals surface area (Å²) in [6.45, 7) is 1.97. The number of hydrogen-bond acceptors (Lipinski definition) is 3. The Kier molecular flexibility index (Phi) is 2.29. The summed E-state index contributed by atoms with van der Waals surface area (Å²) in [7, 11) is 0. The van der Waals surface area contributed by atoms with Crippen LogP contribution in [0.5, 0.6) is 0 Å². The minimum Gasteiger partial charge on any atom is -0.542 e. The van der Waals surface area contributed by atoms with Gasteiger partial charge in [0.2, 0.25) is 0 Å². The zero-order chi connectivity index (χ0) is 10.8. The molecule has 0 amide bonds. The van der Waals surface area contributed by atoms with Crippen molar-refractivity contribution in [2.75, 3.05) is 0 Å². The normalized spacial score (nSPS) is 10.2. The first kappa shape index (κ1) is 9.52. The van der Waals surface area contributed by atoms with Crippen LogP contribution in [0, 0.1) is 6.92 Å². The SMILES string of the molecule is Cc1ccc(-c2ccoc2C(=O)[O-])cc1. The predicted molar refractivity (Wildman–Crippen MR) is 53.2 cm³/mol. The average molecular weight is 201 g/mol. The van der Waals surface area contributed by atoms with Gasteiger partial charge in [-0.2, -0.15) is 0 Å². The van der Waals surface area contributed by atoms with Crippen LogP contribution in [-0.4, -0.2) is 5.97 Å². The first-order valence-corrected chi connectivity index (χ1v) is 4.54. The lowest BCUT2D eigenvalue weighted by Crippen LogP contribution is -2.22. The van der Waals surface area contributed by atoms with E-state index in [1.165, 1.54) is 6.26 Å². The molecule has 1 aromatic heterocycles. The van der Waals surface area contributed by atoms with Crippen molar-refractivity contribution in [3.63, 3.8) is 0 Å². The van der Waals surface area contributed by atoms with Gasteiger partial charge in [-0.3, -0.25) is 0 Å². The fraction of sp³-hybridized carbons (Fsp3) is 0.0833. The van der Waals surface area contributed by atoms with Crippen LogP contribution in [0.15, 0.2) is 41.0 Å². The summed E-state index contributed by atoms with van der Waals surface area (Å²) in [5, 5.41) is 10.7. The van der Waals surface area contributed by atoms with Gasteiger partial charge in [-0.05, 0) is 18.6 Å². The fourth-order valence-corrected chi connectivity index (χ4v) is 1.43. The van der Waals surface area contributed by atoms with Gasteiger partial charge in [-0.15, -0.1) is 0 Å². The van der Waals surface area contributed by atoms with Crippen molar-refractivity contribution in [2.45, 2.75) is 6.92 Å². The van der Waals surface area contributed by atoms with E-state index < -0.39 is 5.97 Å². The lowest BCUT2D eigenvalue weighted by Gasteiger charge is -2.03. The molecule has 3 heteroatoms. The molecule has 2 aromatic rings. The zero-order valence-electron chi connectivity index (χ0n) is 8.19. The van der Waals surface area contributed by atoms with Crippen LogP contribution < -0.4 is 5.11 Å². The molecule has 15 heavy (non-hydrogen) atoms. The maximum absolute atomic E-state index is 10.7. The van der Waals surface area contributed by atoms with Crippen LogP contribution in [0.2, 0.25) is 0 Å². The molecule has 0 aliphatic heterocycles. The molecule has 2 rings (SSSR count). The van der Waals surface area contributed by atoms with Crippen LogP contribution >= 0.6 is 0 Å². The van der Waals surface area contributed by atoms with Gasteiger partial charge in [-0.1, -0.05) is 29.8 Å². The second kappa shape index (κ2) is 3.61. The summed E-state index contributed by atoms with van der Waals surface area (Å²) < 4.78 is 4.85. The van der Waals surface area contributed by atoms with E-state index in [1.807, 2.05) is 31.2 Å². The van der Waals surface area contributed by atoms with Gasteiger partial charge in [-0.25, -0.2) is 0 Å². The lowest BCUT2D eigenvalue weighted by atomic mass is 10.1. The van der Waals surface area contributed by atoms with E-state index in [9.17, 15) is 9.90 Å². The molecule has 0 radical (unpaired) electrons. The van der Waals surface area contributed by atoms with Crippen LogP contribution in [0.25, 0.3) is 11.1 Å². The molecule has 0 fully saturated rings. The summed E-state index contributed by atoms with van der Waals surface area (Å²) in [5.74, 6) is -1.42. The van der Waals surface area contributed by atoms with Crippen LogP contribution in [0.3, 0.4) is 0 Å². The van der Waals surface area contributed by atoms with Gasteiger partial charge >= 0.3 is 0 Å². The number of aryl methyl sites for hydroxylation is 1. The summed E-state index contributed by atoms with van der Waals surface area (Å²) in [4.78, 5) is 10.7.